The number of alkyl halides is 1. The number of piperidine rings is 1. The molecule has 0 amide bonds. The van der Waals surface area contributed by atoms with Crippen LogP contribution in [0.3, 0.4) is 0 Å². The molecule has 1 saturated heterocycles. The first-order chi connectivity index (χ1) is 7.68. The van der Waals surface area contributed by atoms with E-state index >= 15 is 0 Å². The summed E-state index contributed by atoms with van der Waals surface area (Å²) in [4.78, 5) is 0. The average Bonchev–Trinajstić information content (AvgIpc) is 2.30. The van der Waals surface area contributed by atoms with Gasteiger partial charge >= 0.3 is 0 Å². The van der Waals surface area contributed by atoms with Gasteiger partial charge in [0.1, 0.15) is 6.17 Å². The maximum absolute atomic E-state index is 13.1. The molecule has 2 unspecified atom stereocenters. The van der Waals surface area contributed by atoms with Crippen molar-refractivity contribution in [3.05, 3.63) is 34.3 Å². The van der Waals surface area contributed by atoms with Crippen molar-refractivity contribution in [2.24, 2.45) is 0 Å². The maximum atomic E-state index is 13.1. The Labute approximate surface area is 101 Å². The topological polar surface area (TPSA) is 12.0 Å². The lowest BCUT2D eigenvalue weighted by atomic mass is 9.96. The first-order valence-corrected chi connectivity index (χ1v) is 6.23. The highest BCUT2D eigenvalue weighted by atomic mass is 35.5. The molecule has 1 aliphatic rings. The molecule has 0 aliphatic carbocycles. The Morgan fingerprint density at radius 1 is 1.44 bits per heavy atom. The summed E-state index contributed by atoms with van der Waals surface area (Å²) in [5, 5.41) is 4.13. The zero-order valence-electron chi connectivity index (χ0n) is 9.47. The van der Waals surface area contributed by atoms with Gasteiger partial charge in [0.25, 0.3) is 0 Å². The molecule has 16 heavy (non-hydrogen) atoms. The van der Waals surface area contributed by atoms with Gasteiger partial charge in [0.15, 0.2) is 0 Å². The first kappa shape index (κ1) is 11.9. The molecule has 1 aliphatic heterocycles. The molecule has 0 radical (unpaired) electrons. The fraction of sp³-hybridized carbons (Fsp3) is 0.538. The van der Waals surface area contributed by atoms with Crippen molar-refractivity contribution in [2.75, 3.05) is 6.54 Å². The number of nitrogens with one attached hydrogen (secondary N) is 1. The van der Waals surface area contributed by atoms with Crippen molar-refractivity contribution in [2.45, 2.75) is 38.4 Å². The number of halogens is 2. The zero-order chi connectivity index (χ0) is 11.5. The van der Waals surface area contributed by atoms with Crippen LogP contribution < -0.4 is 5.32 Å². The van der Waals surface area contributed by atoms with Crippen LogP contribution in [0.25, 0.3) is 0 Å². The summed E-state index contributed by atoms with van der Waals surface area (Å²) in [5.74, 6) is 0. The molecule has 1 heterocycles. The number of rotatable bonds is 2. The second kappa shape index (κ2) is 5.15. The third-order valence-electron chi connectivity index (χ3n) is 3.17. The van der Waals surface area contributed by atoms with Gasteiger partial charge in [0.05, 0.1) is 0 Å². The van der Waals surface area contributed by atoms with Crippen LogP contribution in [0.15, 0.2) is 18.2 Å². The van der Waals surface area contributed by atoms with Crippen molar-refractivity contribution >= 4 is 11.6 Å². The molecule has 1 aromatic carbocycles. The molecule has 0 aromatic heterocycles. The Morgan fingerprint density at radius 2 is 2.25 bits per heavy atom. The largest absolute Gasteiger partial charge is 0.310 e. The lowest BCUT2D eigenvalue weighted by Crippen LogP contribution is -2.26. The standard InChI is InChI=1S/C13H17ClFN/c1-9(15)10-5-6-11(12(14)8-10)13-4-2-3-7-16-13/h5-6,8-9,13,16H,2-4,7H2,1H3. The predicted molar refractivity (Wildman–Crippen MR) is 65.6 cm³/mol. The van der Waals surface area contributed by atoms with Crippen molar-refractivity contribution < 1.29 is 4.39 Å². The molecule has 2 atom stereocenters. The summed E-state index contributed by atoms with van der Waals surface area (Å²) < 4.78 is 13.1. The normalized spacial score (nSPS) is 23.1. The van der Waals surface area contributed by atoms with Crippen molar-refractivity contribution in [1.29, 1.82) is 0 Å². The fourth-order valence-corrected chi connectivity index (χ4v) is 2.51. The zero-order valence-corrected chi connectivity index (χ0v) is 10.2. The quantitative estimate of drug-likeness (QED) is 0.819. The minimum absolute atomic E-state index is 0.338. The van der Waals surface area contributed by atoms with E-state index in [1.165, 1.54) is 19.8 Å². The highest BCUT2D eigenvalue weighted by molar-refractivity contribution is 6.31. The average molecular weight is 242 g/mol. The smallest absolute Gasteiger partial charge is 0.122 e. The van der Waals surface area contributed by atoms with Crippen LogP contribution in [0.1, 0.15) is 49.5 Å². The summed E-state index contributed by atoms with van der Waals surface area (Å²) in [6, 6.07) is 5.88. The fourth-order valence-electron chi connectivity index (χ4n) is 2.19. The van der Waals surface area contributed by atoms with Gasteiger partial charge in [-0.05, 0) is 43.5 Å². The molecular weight excluding hydrogens is 225 g/mol. The van der Waals surface area contributed by atoms with Gasteiger partial charge in [-0.1, -0.05) is 30.2 Å². The van der Waals surface area contributed by atoms with Gasteiger partial charge < -0.3 is 5.32 Å². The Bertz CT molecular complexity index is 359. The minimum Gasteiger partial charge on any atom is -0.310 e. The van der Waals surface area contributed by atoms with Gasteiger partial charge in [-0.15, -0.1) is 0 Å². The Morgan fingerprint density at radius 3 is 2.81 bits per heavy atom. The Kier molecular flexibility index (Phi) is 3.82. The third-order valence-corrected chi connectivity index (χ3v) is 3.50. The molecule has 0 bridgehead atoms. The number of hydrogen-bond donors (Lipinski definition) is 1. The van der Waals surface area contributed by atoms with E-state index in [9.17, 15) is 4.39 Å². The number of benzene rings is 1. The lowest BCUT2D eigenvalue weighted by molar-refractivity contribution is 0.373. The summed E-state index contributed by atoms with van der Waals surface area (Å²) in [6.45, 7) is 2.58. The molecule has 0 saturated carbocycles. The molecule has 1 fully saturated rings. The molecule has 1 aromatic rings. The van der Waals surface area contributed by atoms with Crippen LogP contribution in [-0.4, -0.2) is 6.54 Å². The highest BCUT2D eigenvalue weighted by Gasteiger charge is 2.18. The van der Waals surface area contributed by atoms with Crippen molar-refractivity contribution in [1.82, 2.24) is 5.32 Å². The van der Waals surface area contributed by atoms with E-state index in [4.69, 9.17) is 11.6 Å². The second-order valence-corrected chi connectivity index (χ2v) is 4.81. The molecular formula is C13H17ClFN. The van der Waals surface area contributed by atoms with Gasteiger partial charge in [0.2, 0.25) is 0 Å². The molecule has 3 heteroatoms. The summed E-state index contributed by atoms with van der Waals surface area (Å²) in [7, 11) is 0. The molecule has 0 spiro atoms. The molecule has 1 N–H and O–H groups in total. The Hall–Kier alpha value is -0.600. The molecule has 88 valence electrons. The van der Waals surface area contributed by atoms with Crippen LogP contribution in [0, 0.1) is 0 Å². The van der Waals surface area contributed by atoms with E-state index in [-0.39, 0.29) is 0 Å². The van der Waals surface area contributed by atoms with Crippen molar-refractivity contribution in [3.63, 3.8) is 0 Å². The SMILES string of the molecule is CC(F)c1ccc(C2CCCCN2)c(Cl)c1. The second-order valence-electron chi connectivity index (χ2n) is 4.40. The van der Waals surface area contributed by atoms with E-state index in [1.54, 1.807) is 6.07 Å². The van der Waals surface area contributed by atoms with E-state index in [2.05, 4.69) is 5.32 Å². The van der Waals surface area contributed by atoms with E-state index in [1.807, 2.05) is 12.1 Å². The summed E-state index contributed by atoms with van der Waals surface area (Å²) >= 11 is 6.20. The lowest BCUT2D eigenvalue weighted by Gasteiger charge is -2.25. The van der Waals surface area contributed by atoms with E-state index < -0.39 is 6.17 Å². The summed E-state index contributed by atoms with van der Waals surface area (Å²) in [5.41, 5.74) is 1.76. The molecule has 2 rings (SSSR count). The maximum Gasteiger partial charge on any atom is 0.122 e. The van der Waals surface area contributed by atoms with Gasteiger partial charge in [0, 0.05) is 11.1 Å². The van der Waals surface area contributed by atoms with Crippen molar-refractivity contribution in [3.8, 4) is 0 Å². The van der Waals surface area contributed by atoms with Crippen LogP contribution in [0.5, 0.6) is 0 Å². The minimum atomic E-state index is -0.953. The predicted octanol–water partition coefficient (Wildman–Crippen LogP) is 4.19. The van der Waals surface area contributed by atoms with Gasteiger partial charge in [-0.3, -0.25) is 0 Å². The highest BCUT2D eigenvalue weighted by Crippen LogP contribution is 2.31. The van der Waals surface area contributed by atoms with Crippen LogP contribution in [-0.2, 0) is 0 Å². The van der Waals surface area contributed by atoms with Crippen LogP contribution >= 0.6 is 11.6 Å². The third kappa shape index (κ3) is 2.55. The monoisotopic (exact) mass is 241 g/mol. The number of hydrogen-bond acceptors (Lipinski definition) is 1. The van der Waals surface area contributed by atoms with E-state index in [0.717, 1.165) is 18.5 Å². The molecule has 1 nitrogen and oxygen atoms in total. The van der Waals surface area contributed by atoms with Crippen LogP contribution in [0.4, 0.5) is 4.39 Å². The van der Waals surface area contributed by atoms with Gasteiger partial charge in [-0.25, -0.2) is 4.39 Å². The van der Waals surface area contributed by atoms with Gasteiger partial charge in [-0.2, -0.15) is 0 Å². The van der Waals surface area contributed by atoms with Crippen LogP contribution in [0.2, 0.25) is 5.02 Å². The Balaban J connectivity index is 2.21. The first-order valence-electron chi connectivity index (χ1n) is 5.85. The summed E-state index contributed by atoms with van der Waals surface area (Å²) in [6.07, 6.45) is 2.62. The van der Waals surface area contributed by atoms with E-state index in [0.29, 0.717) is 16.6 Å².